The van der Waals surface area contributed by atoms with Crippen LogP contribution in [-0.4, -0.2) is 278 Å². The molecule has 0 aromatic heterocycles. The zero-order chi connectivity index (χ0) is 105. The van der Waals surface area contributed by atoms with E-state index in [1.807, 2.05) is 67.5 Å². The number of hydrogen-bond acceptors (Lipinski definition) is 32. The first kappa shape index (κ1) is 111. The van der Waals surface area contributed by atoms with Crippen LogP contribution in [0.15, 0.2) is 132 Å². The molecule has 5 heterocycles. The fourth-order valence-corrected chi connectivity index (χ4v) is 22.2. The average molecular weight is 2050 g/mol. The molecule has 147 heavy (non-hydrogen) atoms. The summed E-state index contributed by atoms with van der Waals surface area (Å²) >= 11 is 0. The fourth-order valence-electron chi connectivity index (χ4n) is 22.2. The van der Waals surface area contributed by atoms with Crippen LogP contribution < -0.4 is 69.2 Å². The Morgan fingerprint density at radius 1 is 0.694 bits per heavy atom. The summed E-state index contributed by atoms with van der Waals surface area (Å²) in [4.78, 5) is 152. The molecule has 0 bridgehead atoms. The van der Waals surface area contributed by atoms with Crippen LogP contribution in [0.1, 0.15) is 192 Å². The number of aliphatic hydroxyl groups is 5. The molecule has 5 fully saturated rings. The van der Waals surface area contributed by atoms with Gasteiger partial charge < -0.3 is 121 Å². The highest BCUT2D eigenvalue weighted by atomic mass is 19.1. The number of ether oxygens (including phenoxy) is 10. The molecule has 0 spiro atoms. The van der Waals surface area contributed by atoms with Gasteiger partial charge in [-0.25, -0.2) is 18.4 Å². The minimum Gasteiger partial charge on any atom is -0.486 e. The molecule has 42 heteroatoms. The van der Waals surface area contributed by atoms with Crippen molar-refractivity contribution in [3.63, 3.8) is 0 Å². The van der Waals surface area contributed by atoms with Crippen LogP contribution >= 0.6 is 0 Å². The molecule has 2 saturated heterocycles. The van der Waals surface area contributed by atoms with Crippen LogP contribution in [-0.2, 0) is 98.9 Å². The number of rotatable bonds is 51. The molecule has 5 aliphatic heterocycles. The van der Waals surface area contributed by atoms with Crippen LogP contribution in [0.25, 0.3) is 11.4 Å². The van der Waals surface area contributed by atoms with Crippen molar-refractivity contribution in [2.75, 3.05) is 108 Å². The summed E-state index contributed by atoms with van der Waals surface area (Å²) in [6.45, 7) is 9.12. The number of nitrogens with zero attached hydrogens (tertiary/aromatic N) is 3. The zero-order valence-corrected chi connectivity index (χ0v) is 84.1. The van der Waals surface area contributed by atoms with Crippen LogP contribution in [0.5, 0.6) is 5.75 Å². The van der Waals surface area contributed by atoms with E-state index in [-0.39, 0.29) is 173 Å². The van der Waals surface area contributed by atoms with Crippen LogP contribution in [0.3, 0.4) is 0 Å². The maximum absolute atomic E-state index is 18.1. The maximum atomic E-state index is 18.1. The summed E-state index contributed by atoms with van der Waals surface area (Å²) in [6.07, 6.45) is -4.43. The Balaban J connectivity index is 0.525. The maximum Gasteiger partial charge on any atom is 0.411 e. The molecule has 3 saturated carbocycles. The number of para-hydroxylation sites is 1. The standard InChI is InChI=1S/C105H142F2N14O26/c1-7-19-89-146-85-55-73-74-54-76(106)75-53-69(124)39-41-102(75,4)104(74,107)83(126)56-103(73,5)105(85,147-89)84(127)60-142-70-36-33-67(34-37-70)112-101(137)144-59-63-29-31-66(32-30-63)111-97(134)64(21-17-43-110-100(108)136)52-80(125)90(62(2)3)114-98(135)77(25-15-16-42-109-87(129)61-143-81-28-10-8-9-27-79-92(81)116-118-121(79)99-96(133)95(132)94(131)82(58-122)145-99)113-86(128)40-45-139-47-49-141-51-50-140-48-46-138-44-18-22-68(123)35-38-88(130)120-57-65-20-11-12-23-71(65)93-91(115-117-119(93)6)72-24-13-14-26-78(72)120/h11-14,20,23-24,26,29-34,36-37,39,41,53,62,64,73-74,76-77,81-83,85,89-90,94-96,99,115-118,122,126,131-133H,7-10,15-19,21-22,25,27-28,35,38,40,42-52,54-61H2,1-6H3,(H,109,129)(H,111,134)(H,112,137)(H,113,128)(H,114,135)(H3,108,110,136)/t64-,73+,74+,76+,77-,81?,82-,83+,85-,89?,90+,94+,95+,96-,99-,102+,103+,104+,105-/m1/s1. The van der Waals surface area contributed by atoms with Crippen molar-refractivity contribution in [1.29, 1.82) is 0 Å². The second kappa shape index (κ2) is 51.3. The second-order valence-corrected chi connectivity index (χ2v) is 40.0. The summed E-state index contributed by atoms with van der Waals surface area (Å²) in [5.74, 6) is -6.98. The van der Waals surface area contributed by atoms with Gasteiger partial charge in [-0.2, -0.15) is 0 Å². The fraction of sp³-hybridized carbons (Fsp3) is 0.590. The third-order valence-corrected chi connectivity index (χ3v) is 29.9. The first-order valence-corrected chi connectivity index (χ1v) is 51.3. The van der Waals surface area contributed by atoms with E-state index >= 15 is 8.78 Å². The van der Waals surface area contributed by atoms with Gasteiger partial charge in [0.2, 0.25) is 35.3 Å². The average Bonchev–Trinajstić information content (AvgIpc) is 1.51. The van der Waals surface area contributed by atoms with Crippen molar-refractivity contribution < 1.29 is 134 Å². The molecule has 14 rings (SSSR count). The number of benzene rings is 4. The number of amides is 8. The number of urea groups is 1. The number of nitrogens with one attached hydrogen (secondary N) is 10. The van der Waals surface area contributed by atoms with Crippen molar-refractivity contribution in [2.45, 2.75) is 267 Å². The number of aliphatic hydroxyl groups excluding tert-OH is 5. The van der Waals surface area contributed by atoms with Crippen molar-refractivity contribution in [1.82, 2.24) is 53.2 Å². The van der Waals surface area contributed by atoms with E-state index in [2.05, 4.69) is 53.8 Å². The Kier molecular flexibility index (Phi) is 38.8. The highest BCUT2D eigenvalue weighted by molar-refractivity contribution is 6.04. The van der Waals surface area contributed by atoms with E-state index in [9.17, 15) is 78.3 Å². The lowest BCUT2D eigenvalue weighted by molar-refractivity contribution is -0.266. The number of carbonyl (C=O) groups excluding carboxylic acids is 11. The summed E-state index contributed by atoms with van der Waals surface area (Å²) in [5, 5.41) is 73.9. The van der Waals surface area contributed by atoms with Gasteiger partial charge in [-0.15, -0.1) is 11.1 Å². The van der Waals surface area contributed by atoms with Crippen molar-refractivity contribution in [3.05, 3.63) is 155 Å². The molecular formula is C105H142F2N14O26. The van der Waals surface area contributed by atoms with E-state index in [1.165, 1.54) is 48.4 Å². The molecule has 10 aliphatic rings. The van der Waals surface area contributed by atoms with Gasteiger partial charge in [0.15, 0.2) is 35.4 Å². The minimum absolute atomic E-state index is 0.0114. The van der Waals surface area contributed by atoms with Crippen molar-refractivity contribution >= 4 is 93.2 Å². The van der Waals surface area contributed by atoms with Crippen molar-refractivity contribution in [3.8, 4) is 5.75 Å². The highest BCUT2D eigenvalue weighted by Crippen LogP contribution is 2.72. The Hall–Kier alpha value is -11.3. The molecule has 17 N–H and O–H groups in total. The van der Waals surface area contributed by atoms with E-state index in [1.54, 1.807) is 49.9 Å². The van der Waals surface area contributed by atoms with Crippen molar-refractivity contribution in [2.24, 2.45) is 40.2 Å². The number of nitrogens with two attached hydrogens (primary N) is 1. The van der Waals surface area contributed by atoms with Gasteiger partial charge in [0.1, 0.15) is 74.1 Å². The first-order valence-electron chi connectivity index (χ1n) is 51.3. The number of anilines is 3. The van der Waals surface area contributed by atoms with Crippen LogP contribution in [0.4, 0.5) is 35.4 Å². The third kappa shape index (κ3) is 26.2. The molecule has 0 radical (unpaired) electrons. The number of unbranched alkanes of at least 4 members (excludes halogenated alkanes) is 1. The number of hydrogen-bond donors (Lipinski definition) is 16. The Bertz CT molecular complexity index is 5430. The van der Waals surface area contributed by atoms with E-state index in [0.29, 0.717) is 80.0 Å². The van der Waals surface area contributed by atoms with Gasteiger partial charge in [-0.05, 0) is 174 Å². The smallest absolute Gasteiger partial charge is 0.411 e. The number of allylic oxidation sites excluding steroid dienone is 5. The van der Waals surface area contributed by atoms with Gasteiger partial charge >= 0.3 is 12.1 Å². The molecule has 2 unspecified atom stereocenters. The number of hydrazine groups is 4. The predicted molar refractivity (Wildman–Crippen MR) is 531 cm³/mol. The number of carbonyl (C=O) groups is 11. The quantitative estimate of drug-likeness (QED) is 0.0197. The number of ketones is 4. The summed E-state index contributed by atoms with van der Waals surface area (Å²) in [6, 6.07) is 25.0. The zero-order valence-electron chi connectivity index (χ0n) is 84.1. The Morgan fingerprint density at radius 3 is 2.12 bits per heavy atom. The Labute approximate surface area is 853 Å². The molecule has 802 valence electrons. The summed E-state index contributed by atoms with van der Waals surface area (Å²) in [5.41, 5.74) is 18.7. The van der Waals surface area contributed by atoms with E-state index in [4.69, 9.17) is 53.1 Å². The van der Waals surface area contributed by atoms with Gasteiger partial charge in [-0.1, -0.05) is 108 Å². The lowest BCUT2D eigenvalue weighted by Gasteiger charge is -2.63. The number of Topliss-reactive ketones (excluding diaryl/α,β-unsaturated/α-hetero) is 3. The molecule has 8 amide bonds. The van der Waals surface area contributed by atoms with Gasteiger partial charge in [0.25, 0.3) is 0 Å². The molecule has 4 aromatic rings. The first-order chi connectivity index (χ1) is 70.7. The monoisotopic (exact) mass is 2050 g/mol. The highest BCUT2D eigenvalue weighted by Gasteiger charge is 2.80. The van der Waals surface area contributed by atoms with Gasteiger partial charge in [0, 0.05) is 104 Å². The van der Waals surface area contributed by atoms with E-state index < -0.39 is 186 Å². The lowest BCUT2D eigenvalue weighted by Crippen LogP contribution is -2.71. The van der Waals surface area contributed by atoms with Gasteiger partial charge in [0.05, 0.1) is 106 Å². The molecule has 40 nitrogen and oxygen atoms in total. The SMILES string of the molecule is CCCC1O[C@@H]2C[C@H]3[C@@H]4C[C@H](F)C5=CC(=O)C=C[C@]5(C)[C@@]4(F)[C@@H](O)C[C@]3(C)[C@]2(C(=O)COc2ccc(NC(=O)OCc3ccc(NC(=O)[C@H](CCCNC(N)=O)CC(=O)[C@@H](NC(=O)[C@@H](CCCCNC(=O)COC4CCCCCC5=C4NNN5[C@@H]4O[C@H](CO)[C@H](O)[C@H](O)[C@H]4O)NC(=O)CCOCCOCCOCCOCCCC(=O)CCC(=O)N4Cc5ccccc5C5=C(NNN5C)c5ccccc54)C(C)C)cc3)cc2)O1. The minimum atomic E-state index is -2.38. The van der Waals surface area contributed by atoms with Crippen LogP contribution in [0.2, 0.25) is 0 Å². The third-order valence-electron chi connectivity index (χ3n) is 29.9. The second-order valence-electron chi connectivity index (χ2n) is 40.0. The van der Waals surface area contributed by atoms with Crippen LogP contribution in [0, 0.1) is 34.5 Å². The predicted octanol–water partition coefficient (Wildman–Crippen LogP) is 7.07. The number of halogens is 2. The van der Waals surface area contributed by atoms with Gasteiger partial charge in [-0.3, -0.25) is 58.5 Å². The molecule has 4 aromatic carbocycles. The van der Waals surface area contributed by atoms with E-state index in [0.717, 1.165) is 59.1 Å². The summed E-state index contributed by atoms with van der Waals surface area (Å²) < 4.78 is 94.0. The molecule has 19 atom stereocenters. The largest absolute Gasteiger partial charge is 0.486 e. The Morgan fingerprint density at radius 2 is 1.39 bits per heavy atom. The molecular weight excluding hydrogens is 1910 g/mol. The normalized spacial score (nSPS) is 26.9. The number of alkyl halides is 2. The topological polar surface area (TPSA) is 537 Å². The number of primary amides is 1. The summed E-state index contributed by atoms with van der Waals surface area (Å²) in [7, 11) is 1.93. The lowest BCUT2D eigenvalue weighted by atomic mass is 9.44. The number of fused-ring (bicyclic) bond motifs is 11. The molecule has 5 aliphatic carbocycles.